The Morgan fingerprint density at radius 2 is 1.93 bits per heavy atom. The Kier molecular flexibility index (Phi) is 3.08. The molecule has 0 saturated carbocycles. The van der Waals surface area contributed by atoms with E-state index >= 15 is 0 Å². The Labute approximate surface area is 82.4 Å². The molecule has 0 amide bonds. The van der Waals surface area contributed by atoms with Gasteiger partial charge in [0.25, 0.3) is 5.69 Å². The first-order valence-electron chi connectivity index (χ1n) is 3.57. The van der Waals surface area contributed by atoms with Gasteiger partial charge in [0, 0.05) is 21.6 Å². The van der Waals surface area contributed by atoms with E-state index in [1.807, 2.05) is 0 Å². The second-order valence-electron chi connectivity index (χ2n) is 2.31. The van der Waals surface area contributed by atoms with Crippen LogP contribution >= 0.6 is 0 Å². The molecule has 1 aromatic rings. The lowest BCUT2D eigenvalue weighted by atomic mass is 10.2. The number of nitrogens with zero attached hydrogens (tertiary/aromatic N) is 7. The normalized spacial score (nSPS) is 8.53. The number of azide groups is 2. The molecule has 9 heteroatoms. The standard InChI is InChI=1S/C6H3N7O2/c7-11-9-4-1-2-5(10-12-8)6(3-4)13(14)15/h1-3H. The van der Waals surface area contributed by atoms with Crippen LogP contribution in [0.3, 0.4) is 0 Å². The van der Waals surface area contributed by atoms with Crippen molar-refractivity contribution in [1.82, 2.24) is 0 Å². The van der Waals surface area contributed by atoms with Crippen molar-refractivity contribution in [3.8, 4) is 0 Å². The SMILES string of the molecule is [N-]=[N+]=Nc1ccc(N=[N+]=[N-])c([N+](=O)[O-])c1. The number of benzene rings is 1. The molecule has 0 aliphatic carbocycles. The molecule has 0 saturated heterocycles. The summed E-state index contributed by atoms with van der Waals surface area (Å²) < 4.78 is 0. The Bertz CT molecular complexity index is 498. The molecule has 1 rings (SSSR count). The average Bonchev–Trinajstić information content (AvgIpc) is 2.21. The van der Waals surface area contributed by atoms with Gasteiger partial charge in [-0.1, -0.05) is 16.3 Å². The highest BCUT2D eigenvalue weighted by molar-refractivity contribution is 5.63. The molecule has 0 fully saturated rings. The summed E-state index contributed by atoms with van der Waals surface area (Å²) >= 11 is 0. The van der Waals surface area contributed by atoms with E-state index in [0.29, 0.717) is 0 Å². The van der Waals surface area contributed by atoms with E-state index in [2.05, 4.69) is 20.1 Å². The minimum Gasteiger partial charge on any atom is -0.258 e. The van der Waals surface area contributed by atoms with Crippen LogP contribution in [0.2, 0.25) is 0 Å². The molecule has 74 valence electrons. The molecule has 0 aliphatic heterocycles. The Morgan fingerprint density at radius 1 is 1.27 bits per heavy atom. The zero-order valence-corrected chi connectivity index (χ0v) is 7.18. The van der Waals surface area contributed by atoms with Crippen molar-refractivity contribution in [3.63, 3.8) is 0 Å². The van der Waals surface area contributed by atoms with Crippen LogP contribution in [-0.4, -0.2) is 4.92 Å². The van der Waals surface area contributed by atoms with Crippen molar-refractivity contribution < 1.29 is 4.92 Å². The van der Waals surface area contributed by atoms with Crippen LogP contribution in [0.4, 0.5) is 17.1 Å². The van der Waals surface area contributed by atoms with Crippen LogP contribution in [0, 0.1) is 10.1 Å². The fraction of sp³-hybridized carbons (Fsp3) is 0. The fourth-order valence-corrected chi connectivity index (χ4v) is 0.905. The van der Waals surface area contributed by atoms with Crippen molar-refractivity contribution >= 4 is 17.1 Å². The zero-order valence-electron chi connectivity index (χ0n) is 7.18. The molecule has 0 spiro atoms. The minimum absolute atomic E-state index is 0.0843. The predicted octanol–water partition coefficient (Wildman–Crippen LogP) is 3.48. The Morgan fingerprint density at radius 3 is 2.47 bits per heavy atom. The van der Waals surface area contributed by atoms with E-state index in [9.17, 15) is 10.1 Å². The monoisotopic (exact) mass is 205 g/mol. The maximum Gasteiger partial charge on any atom is 0.279 e. The van der Waals surface area contributed by atoms with Gasteiger partial charge in [-0.05, 0) is 17.1 Å². The van der Waals surface area contributed by atoms with Gasteiger partial charge in [0.15, 0.2) is 0 Å². The molecule has 0 aliphatic rings. The summed E-state index contributed by atoms with van der Waals surface area (Å²) in [7, 11) is 0. The second kappa shape index (κ2) is 4.47. The van der Waals surface area contributed by atoms with Gasteiger partial charge in [-0.25, -0.2) is 0 Å². The van der Waals surface area contributed by atoms with E-state index < -0.39 is 10.6 Å². The van der Waals surface area contributed by atoms with E-state index in [-0.39, 0.29) is 11.4 Å². The lowest BCUT2D eigenvalue weighted by Gasteiger charge is -1.96. The molecular weight excluding hydrogens is 202 g/mol. The van der Waals surface area contributed by atoms with Crippen LogP contribution in [0.15, 0.2) is 28.4 Å². The fourth-order valence-electron chi connectivity index (χ4n) is 0.905. The van der Waals surface area contributed by atoms with Crippen molar-refractivity contribution in [2.45, 2.75) is 0 Å². The highest BCUT2D eigenvalue weighted by atomic mass is 16.6. The summed E-state index contributed by atoms with van der Waals surface area (Å²) in [4.78, 5) is 14.7. The van der Waals surface area contributed by atoms with Crippen molar-refractivity contribution in [2.24, 2.45) is 10.2 Å². The van der Waals surface area contributed by atoms with Gasteiger partial charge >= 0.3 is 0 Å². The van der Waals surface area contributed by atoms with E-state index in [0.717, 1.165) is 6.07 Å². The summed E-state index contributed by atoms with van der Waals surface area (Å²) in [6, 6.07) is 3.56. The van der Waals surface area contributed by atoms with Crippen LogP contribution in [-0.2, 0) is 0 Å². The van der Waals surface area contributed by atoms with Crippen LogP contribution in [0.5, 0.6) is 0 Å². The molecule has 0 atom stereocenters. The first-order chi connectivity index (χ1) is 7.19. The smallest absolute Gasteiger partial charge is 0.258 e. The number of nitro groups is 1. The van der Waals surface area contributed by atoms with Crippen molar-refractivity contribution in [2.75, 3.05) is 0 Å². The maximum absolute atomic E-state index is 10.5. The molecule has 0 unspecified atom stereocenters. The van der Waals surface area contributed by atoms with Gasteiger partial charge in [0.05, 0.1) is 4.92 Å². The molecule has 0 heterocycles. The third-order valence-corrected chi connectivity index (χ3v) is 1.47. The Balaban J connectivity index is 3.38. The van der Waals surface area contributed by atoms with Gasteiger partial charge < -0.3 is 0 Å². The molecule has 0 N–H and O–H groups in total. The first kappa shape index (κ1) is 10.3. The molecule has 15 heavy (non-hydrogen) atoms. The molecule has 0 aromatic heterocycles. The van der Waals surface area contributed by atoms with Gasteiger partial charge in [0.1, 0.15) is 5.69 Å². The second-order valence-corrected chi connectivity index (χ2v) is 2.31. The topological polar surface area (TPSA) is 141 Å². The van der Waals surface area contributed by atoms with E-state index in [1.165, 1.54) is 12.1 Å². The number of hydrogen-bond acceptors (Lipinski definition) is 4. The summed E-state index contributed by atoms with van der Waals surface area (Å²) in [6.45, 7) is 0. The van der Waals surface area contributed by atoms with E-state index in [4.69, 9.17) is 11.1 Å². The molecule has 1 aromatic carbocycles. The molecule has 9 nitrogen and oxygen atoms in total. The minimum atomic E-state index is -0.722. The summed E-state index contributed by atoms with van der Waals surface area (Å²) in [5.74, 6) is 0. The number of nitro benzene ring substituents is 1. The summed E-state index contributed by atoms with van der Waals surface area (Å²) in [5, 5.41) is 16.9. The van der Waals surface area contributed by atoms with Crippen LogP contribution < -0.4 is 0 Å². The average molecular weight is 205 g/mol. The third-order valence-electron chi connectivity index (χ3n) is 1.47. The van der Waals surface area contributed by atoms with Crippen molar-refractivity contribution in [3.05, 3.63) is 49.2 Å². The molecular formula is C6H3N7O2. The molecule has 0 radical (unpaired) electrons. The first-order valence-corrected chi connectivity index (χ1v) is 3.57. The molecule has 0 bridgehead atoms. The van der Waals surface area contributed by atoms with Gasteiger partial charge in [-0.3, -0.25) is 10.1 Å². The maximum atomic E-state index is 10.5. The van der Waals surface area contributed by atoms with E-state index in [1.54, 1.807) is 0 Å². The van der Waals surface area contributed by atoms with Crippen LogP contribution in [0.1, 0.15) is 0 Å². The lowest BCUT2D eigenvalue weighted by molar-refractivity contribution is -0.384. The highest BCUT2D eigenvalue weighted by Gasteiger charge is 2.12. The quantitative estimate of drug-likeness (QED) is 0.245. The highest BCUT2D eigenvalue weighted by Crippen LogP contribution is 2.31. The van der Waals surface area contributed by atoms with Gasteiger partial charge in [-0.2, -0.15) is 0 Å². The van der Waals surface area contributed by atoms with Gasteiger partial charge in [0.2, 0.25) is 0 Å². The lowest BCUT2D eigenvalue weighted by Crippen LogP contribution is -1.87. The van der Waals surface area contributed by atoms with Gasteiger partial charge in [-0.15, -0.1) is 0 Å². The zero-order chi connectivity index (χ0) is 11.3. The summed E-state index contributed by atoms with van der Waals surface area (Å²) in [6.07, 6.45) is 0. The van der Waals surface area contributed by atoms with Crippen molar-refractivity contribution in [1.29, 1.82) is 0 Å². The van der Waals surface area contributed by atoms with Crippen LogP contribution in [0.25, 0.3) is 20.9 Å². The number of hydrogen-bond donors (Lipinski definition) is 0. The Hall–Kier alpha value is -2.76. The number of rotatable bonds is 3. The largest absolute Gasteiger partial charge is 0.279 e. The third kappa shape index (κ3) is 2.34. The summed E-state index contributed by atoms with van der Waals surface area (Å²) in [5.41, 5.74) is 15.8. The predicted molar refractivity (Wildman–Crippen MR) is 50.7 cm³/mol.